The number of methoxy groups -OCH3 is 1. The van der Waals surface area contributed by atoms with E-state index in [4.69, 9.17) is 4.74 Å². The van der Waals surface area contributed by atoms with Crippen LogP contribution in [0.4, 0.5) is 0 Å². The van der Waals surface area contributed by atoms with Crippen LogP contribution in [0.15, 0.2) is 17.0 Å². The summed E-state index contributed by atoms with van der Waals surface area (Å²) >= 11 is 0. The molecule has 2 aliphatic rings. The smallest absolute Gasteiger partial charge is 0.221 e. The first-order valence-corrected chi connectivity index (χ1v) is 15.4. The number of carbonyl (C=O) groups excluding carboxylic acids is 1. The van der Waals surface area contributed by atoms with Gasteiger partial charge in [0.05, 0.1) is 12.0 Å². The van der Waals surface area contributed by atoms with Crippen LogP contribution >= 0.6 is 0 Å². The Labute approximate surface area is 228 Å². The van der Waals surface area contributed by atoms with Crippen molar-refractivity contribution in [3.63, 3.8) is 0 Å². The molecule has 1 aliphatic carbocycles. The van der Waals surface area contributed by atoms with Crippen molar-refractivity contribution in [3.05, 3.63) is 23.3 Å². The minimum atomic E-state index is -1.29. The average molecular weight is 537 g/mol. The summed E-state index contributed by atoms with van der Waals surface area (Å²) in [5.41, 5.74) is 1.88. The number of nitrogens with one attached hydrogen (secondary N) is 2. The molecule has 0 aromatic heterocycles. The third kappa shape index (κ3) is 11.0. The SMILES string of the molecule is CCN(CC)CC1CCNCC1.COc1cc(C)c(S(=O)N(C)CCC(=O)NC2CCCCC2)c(C)c1. The molecule has 0 bridgehead atoms. The lowest BCUT2D eigenvalue weighted by molar-refractivity contribution is -0.122. The molecule has 7 nitrogen and oxygen atoms in total. The molecular formula is C29H52N4O3S. The predicted molar refractivity (Wildman–Crippen MR) is 155 cm³/mol. The zero-order valence-corrected chi connectivity index (χ0v) is 25.1. The van der Waals surface area contributed by atoms with Gasteiger partial charge in [-0.25, -0.2) is 8.51 Å². The number of nitrogens with zero attached hydrogens (tertiary/aromatic N) is 2. The molecule has 1 aromatic rings. The summed E-state index contributed by atoms with van der Waals surface area (Å²) in [7, 11) is 2.14. The quantitative estimate of drug-likeness (QED) is 0.438. The summed E-state index contributed by atoms with van der Waals surface area (Å²) in [6.07, 6.45) is 8.94. The van der Waals surface area contributed by atoms with Gasteiger partial charge in [0.2, 0.25) is 5.91 Å². The van der Waals surface area contributed by atoms with Gasteiger partial charge < -0.3 is 20.3 Å². The number of piperidine rings is 1. The van der Waals surface area contributed by atoms with Crippen LogP contribution in [0.3, 0.4) is 0 Å². The van der Waals surface area contributed by atoms with Crippen LogP contribution < -0.4 is 15.4 Å². The minimum Gasteiger partial charge on any atom is -0.497 e. The molecule has 37 heavy (non-hydrogen) atoms. The summed E-state index contributed by atoms with van der Waals surface area (Å²) in [6.45, 7) is 15.0. The summed E-state index contributed by atoms with van der Waals surface area (Å²) in [4.78, 5) is 15.5. The van der Waals surface area contributed by atoms with E-state index in [1.165, 1.54) is 64.8 Å². The van der Waals surface area contributed by atoms with E-state index in [-0.39, 0.29) is 5.91 Å². The van der Waals surface area contributed by atoms with E-state index in [1.807, 2.05) is 26.0 Å². The van der Waals surface area contributed by atoms with Crippen molar-refractivity contribution < 1.29 is 13.7 Å². The molecule has 1 atom stereocenters. The Bertz CT molecular complexity index is 811. The summed E-state index contributed by atoms with van der Waals surface area (Å²) in [5.74, 6) is 1.77. The van der Waals surface area contributed by atoms with E-state index in [0.717, 1.165) is 40.5 Å². The molecule has 3 rings (SSSR count). The van der Waals surface area contributed by atoms with Crippen LogP contribution in [-0.4, -0.2) is 78.8 Å². The second-order valence-corrected chi connectivity index (χ2v) is 12.1. The van der Waals surface area contributed by atoms with Crippen LogP contribution in [0.2, 0.25) is 0 Å². The number of hydrogen-bond donors (Lipinski definition) is 2. The average Bonchev–Trinajstić information content (AvgIpc) is 2.91. The Kier molecular flexibility index (Phi) is 14.7. The Morgan fingerprint density at radius 1 is 1.05 bits per heavy atom. The van der Waals surface area contributed by atoms with Crippen molar-refractivity contribution in [2.24, 2.45) is 5.92 Å². The molecule has 2 N–H and O–H groups in total. The lowest BCUT2D eigenvalue weighted by Gasteiger charge is -2.28. The molecule has 1 saturated carbocycles. The van der Waals surface area contributed by atoms with Crippen LogP contribution in [0.5, 0.6) is 5.75 Å². The van der Waals surface area contributed by atoms with Crippen LogP contribution in [0.25, 0.3) is 0 Å². The first-order valence-electron chi connectivity index (χ1n) is 14.3. The number of amides is 1. The highest BCUT2D eigenvalue weighted by molar-refractivity contribution is 7.82. The largest absolute Gasteiger partial charge is 0.497 e. The molecule has 0 radical (unpaired) electrons. The molecule has 1 saturated heterocycles. The third-order valence-corrected chi connectivity index (χ3v) is 9.36. The van der Waals surface area contributed by atoms with Gasteiger partial charge in [-0.3, -0.25) is 4.79 Å². The van der Waals surface area contributed by atoms with Crippen molar-refractivity contribution in [3.8, 4) is 5.75 Å². The van der Waals surface area contributed by atoms with Gasteiger partial charge in [-0.15, -0.1) is 0 Å². The van der Waals surface area contributed by atoms with Gasteiger partial charge in [-0.1, -0.05) is 33.1 Å². The molecule has 1 unspecified atom stereocenters. The maximum Gasteiger partial charge on any atom is 0.221 e. The second-order valence-electron chi connectivity index (χ2n) is 10.5. The van der Waals surface area contributed by atoms with Crippen molar-refractivity contribution >= 4 is 16.9 Å². The minimum absolute atomic E-state index is 0.0546. The van der Waals surface area contributed by atoms with E-state index >= 15 is 0 Å². The fourth-order valence-corrected chi connectivity index (χ4v) is 6.50. The van der Waals surface area contributed by atoms with Crippen molar-refractivity contribution in [1.29, 1.82) is 0 Å². The van der Waals surface area contributed by atoms with Gasteiger partial charge >= 0.3 is 0 Å². The van der Waals surface area contributed by atoms with Gasteiger partial charge in [0.15, 0.2) is 0 Å². The van der Waals surface area contributed by atoms with Crippen LogP contribution in [-0.2, 0) is 15.8 Å². The molecule has 212 valence electrons. The monoisotopic (exact) mass is 536 g/mol. The number of carbonyl (C=O) groups is 1. The van der Waals surface area contributed by atoms with Crippen LogP contribution in [0, 0.1) is 19.8 Å². The van der Waals surface area contributed by atoms with Gasteiger partial charge in [0.1, 0.15) is 16.7 Å². The first-order chi connectivity index (χ1) is 17.8. The molecular weight excluding hydrogens is 484 g/mol. The van der Waals surface area contributed by atoms with Gasteiger partial charge in [-0.2, -0.15) is 0 Å². The zero-order valence-electron chi connectivity index (χ0n) is 24.2. The molecule has 1 heterocycles. The summed E-state index contributed by atoms with van der Waals surface area (Å²) in [5, 5.41) is 6.52. The summed E-state index contributed by atoms with van der Waals surface area (Å²) in [6, 6.07) is 4.11. The van der Waals surface area contributed by atoms with E-state index in [1.54, 1.807) is 18.5 Å². The van der Waals surface area contributed by atoms with Crippen molar-refractivity contribution in [1.82, 2.24) is 19.8 Å². The number of ether oxygens (including phenoxy) is 1. The predicted octanol–water partition coefficient (Wildman–Crippen LogP) is 4.43. The number of aryl methyl sites for hydroxylation is 2. The standard InChI is InChI=1S/C19H30N2O3S.C10H22N2/c1-14-12-17(24-4)13-15(2)19(14)25(23)21(3)11-10-18(22)20-16-8-6-5-7-9-16;1-3-12(4-2)9-10-5-7-11-8-6-10/h12-13,16H,5-11H2,1-4H3,(H,20,22);10-11H,3-9H2,1-2H3. The fraction of sp³-hybridized carbons (Fsp3) is 0.759. The molecule has 1 amide bonds. The normalized spacial score (nSPS) is 17.8. The topological polar surface area (TPSA) is 73.9 Å². The molecule has 0 spiro atoms. The van der Waals surface area contributed by atoms with E-state index < -0.39 is 11.0 Å². The van der Waals surface area contributed by atoms with E-state index in [0.29, 0.717) is 19.0 Å². The maximum atomic E-state index is 12.9. The maximum absolute atomic E-state index is 12.9. The Hall–Kier alpha value is -1.48. The highest BCUT2D eigenvalue weighted by atomic mass is 32.2. The highest BCUT2D eigenvalue weighted by Gasteiger charge is 2.20. The van der Waals surface area contributed by atoms with E-state index in [2.05, 4.69) is 29.4 Å². The third-order valence-electron chi connectivity index (χ3n) is 7.62. The molecule has 1 aliphatic heterocycles. The van der Waals surface area contributed by atoms with Crippen molar-refractivity contribution in [2.45, 2.75) is 90.0 Å². The zero-order chi connectivity index (χ0) is 27.2. The molecule has 2 fully saturated rings. The van der Waals surface area contributed by atoms with Crippen molar-refractivity contribution in [2.75, 3.05) is 53.4 Å². The first kappa shape index (κ1) is 31.7. The van der Waals surface area contributed by atoms with Gasteiger partial charge in [0.25, 0.3) is 0 Å². The number of rotatable bonds is 11. The number of benzene rings is 1. The Morgan fingerprint density at radius 3 is 2.19 bits per heavy atom. The number of hydrogen-bond acceptors (Lipinski definition) is 5. The fourth-order valence-electron chi connectivity index (χ4n) is 5.26. The van der Waals surface area contributed by atoms with Gasteiger partial charge in [-0.05, 0) is 94.9 Å². The molecule has 8 heteroatoms. The van der Waals surface area contributed by atoms with Crippen LogP contribution in [0.1, 0.15) is 76.3 Å². The highest BCUT2D eigenvalue weighted by Crippen LogP contribution is 2.25. The molecule has 1 aromatic carbocycles. The van der Waals surface area contributed by atoms with Gasteiger partial charge in [0, 0.05) is 32.6 Å². The second kappa shape index (κ2) is 17.2. The van der Waals surface area contributed by atoms with E-state index in [9.17, 15) is 9.00 Å². The Morgan fingerprint density at radius 2 is 1.65 bits per heavy atom. The Balaban J connectivity index is 0.000000335. The summed E-state index contributed by atoms with van der Waals surface area (Å²) < 4.78 is 19.8. The lowest BCUT2D eigenvalue weighted by atomic mass is 9.95. The lowest BCUT2D eigenvalue weighted by Crippen LogP contribution is -2.38.